The van der Waals surface area contributed by atoms with E-state index in [1.165, 1.54) is 6.92 Å². The quantitative estimate of drug-likeness (QED) is 0.861. The third-order valence-electron chi connectivity index (χ3n) is 4.41. The number of amides is 3. The van der Waals surface area contributed by atoms with Gasteiger partial charge in [0.2, 0.25) is 5.91 Å². The van der Waals surface area contributed by atoms with Gasteiger partial charge in [-0.3, -0.25) is 4.79 Å². The van der Waals surface area contributed by atoms with Crippen LogP contribution in [0, 0.1) is 0 Å². The Morgan fingerprint density at radius 2 is 2.04 bits per heavy atom. The molecule has 3 amide bonds. The molecule has 0 unspecified atom stereocenters. The van der Waals surface area contributed by atoms with Crippen molar-refractivity contribution in [3.05, 3.63) is 23.8 Å². The molecular formula is C18H25N3O4. The summed E-state index contributed by atoms with van der Waals surface area (Å²) in [6, 6.07) is 5.85. The predicted octanol–water partition coefficient (Wildman–Crippen LogP) is 1.31. The molecule has 1 saturated heterocycles. The highest BCUT2D eigenvalue weighted by Crippen LogP contribution is 2.30. The van der Waals surface area contributed by atoms with Crippen molar-refractivity contribution in [1.82, 2.24) is 15.5 Å². The Morgan fingerprint density at radius 1 is 1.24 bits per heavy atom. The number of benzene rings is 1. The van der Waals surface area contributed by atoms with Crippen LogP contribution in [0.1, 0.15) is 25.3 Å². The lowest BCUT2D eigenvalue weighted by molar-refractivity contribution is -0.119. The molecule has 2 heterocycles. The van der Waals surface area contributed by atoms with Crippen LogP contribution >= 0.6 is 0 Å². The van der Waals surface area contributed by atoms with Gasteiger partial charge < -0.3 is 25.0 Å². The van der Waals surface area contributed by atoms with Crippen molar-refractivity contribution in [1.29, 1.82) is 0 Å². The van der Waals surface area contributed by atoms with E-state index in [1.54, 1.807) is 4.90 Å². The van der Waals surface area contributed by atoms with E-state index in [9.17, 15) is 9.59 Å². The number of ether oxygens (including phenoxy) is 2. The summed E-state index contributed by atoms with van der Waals surface area (Å²) < 4.78 is 11.1. The summed E-state index contributed by atoms with van der Waals surface area (Å²) in [7, 11) is 0. The molecule has 0 spiro atoms. The summed E-state index contributed by atoms with van der Waals surface area (Å²) in [5.74, 6) is 1.49. The third-order valence-corrected chi connectivity index (χ3v) is 4.41. The van der Waals surface area contributed by atoms with E-state index in [0.717, 1.165) is 42.9 Å². The van der Waals surface area contributed by atoms with Crippen LogP contribution in [0.3, 0.4) is 0 Å². The Labute approximate surface area is 147 Å². The van der Waals surface area contributed by atoms with E-state index in [4.69, 9.17) is 9.47 Å². The third kappa shape index (κ3) is 4.78. The second-order valence-electron chi connectivity index (χ2n) is 6.45. The van der Waals surface area contributed by atoms with Crippen LogP contribution in [0.2, 0.25) is 0 Å². The standard InChI is InChI=1S/C18H25N3O4/c1-13(22)20-15-3-2-8-21(12-15)18(23)19-7-6-14-4-5-16-17(11-14)25-10-9-24-16/h4-5,11,15H,2-3,6-10,12H2,1H3,(H,19,23)(H,20,22)/t15-/m0/s1. The Bertz CT molecular complexity index is 635. The maximum Gasteiger partial charge on any atom is 0.317 e. The first-order valence-electron chi connectivity index (χ1n) is 8.80. The lowest BCUT2D eigenvalue weighted by Crippen LogP contribution is -2.52. The molecule has 2 aliphatic rings. The molecule has 0 radical (unpaired) electrons. The number of hydrogen-bond acceptors (Lipinski definition) is 4. The zero-order chi connectivity index (χ0) is 17.6. The number of nitrogens with one attached hydrogen (secondary N) is 2. The Hall–Kier alpha value is -2.44. The predicted molar refractivity (Wildman–Crippen MR) is 92.9 cm³/mol. The van der Waals surface area contributed by atoms with Crippen LogP contribution in [-0.2, 0) is 11.2 Å². The van der Waals surface area contributed by atoms with Crippen LogP contribution < -0.4 is 20.1 Å². The lowest BCUT2D eigenvalue weighted by atomic mass is 10.1. The van der Waals surface area contributed by atoms with Gasteiger partial charge >= 0.3 is 6.03 Å². The zero-order valence-electron chi connectivity index (χ0n) is 14.5. The summed E-state index contributed by atoms with van der Waals surface area (Å²) in [6.07, 6.45) is 2.55. The van der Waals surface area contributed by atoms with Crippen LogP contribution in [0.25, 0.3) is 0 Å². The normalized spacial score (nSPS) is 19.2. The topological polar surface area (TPSA) is 79.9 Å². The van der Waals surface area contributed by atoms with Crippen LogP contribution in [-0.4, -0.2) is 55.7 Å². The molecule has 25 heavy (non-hydrogen) atoms. The maximum atomic E-state index is 12.3. The molecular weight excluding hydrogens is 322 g/mol. The number of nitrogens with zero attached hydrogens (tertiary/aromatic N) is 1. The largest absolute Gasteiger partial charge is 0.486 e. The SMILES string of the molecule is CC(=O)N[C@H]1CCCN(C(=O)NCCc2ccc3c(c2)OCCO3)C1. The second kappa shape index (κ2) is 8.09. The fourth-order valence-corrected chi connectivity index (χ4v) is 3.24. The number of rotatable bonds is 4. The van der Waals surface area contributed by atoms with Gasteiger partial charge in [0.15, 0.2) is 11.5 Å². The average molecular weight is 347 g/mol. The first kappa shape index (κ1) is 17.4. The summed E-state index contributed by atoms with van der Waals surface area (Å²) >= 11 is 0. The summed E-state index contributed by atoms with van der Waals surface area (Å²) in [5.41, 5.74) is 1.10. The molecule has 7 nitrogen and oxygen atoms in total. The molecule has 1 aromatic carbocycles. The van der Waals surface area contributed by atoms with Crippen LogP contribution in [0.5, 0.6) is 11.5 Å². The van der Waals surface area contributed by atoms with Gasteiger partial charge in [-0.2, -0.15) is 0 Å². The summed E-state index contributed by atoms with van der Waals surface area (Å²) in [4.78, 5) is 25.3. The smallest absolute Gasteiger partial charge is 0.317 e. The van der Waals surface area contributed by atoms with Crippen molar-refractivity contribution in [2.24, 2.45) is 0 Å². The number of likely N-dealkylation sites (tertiary alicyclic amines) is 1. The molecule has 0 aromatic heterocycles. The molecule has 0 bridgehead atoms. The van der Waals surface area contributed by atoms with E-state index >= 15 is 0 Å². The van der Waals surface area contributed by atoms with E-state index in [-0.39, 0.29) is 18.0 Å². The van der Waals surface area contributed by atoms with Crippen LogP contribution in [0.15, 0.2) is 18.2 Å². The van der Waals surface area contributed by atoms with Gasteiger partial charge in [0.25, 0.3) is 0 Å². The van der Waals surface area contributed by atoms with Gasteiger partial charge in [-0.15, -0.1) is 0 Å². The number of carbonyl (C=O) groups excluding carboxylic acids is 2. The molecule has 1 aromatic rings. The highest BCUT2D eigenvalue weighted by molar-refractivity contribution is 5.75. The van der Waals surface area contributed by atoms with Gasteiger partial charge in [-0.1, -0.05) is 6.07 Å². The van der Waals surface area contributed by atoms with E-state index in [1.807, 2.05) is 18.2 Å². The molecule has 3 rings (SSSR count). The van der Waals surface area contributed by atoms with E-state index in [0.29, 0.717) is 26.3 Å². The monoisotopic (exact) mass is 347 g/mol. The molecule has 2 aliphatic heterocycles. The highest BCUT2D eigenvalue weighted by atomic mass is 16.6. The van der Waals surface area contributed by atoms with Gasteiger partial charge in [-0.05, 0) is 37.0 Å². The van der Waals surface area contributed by atoms with Crippen LogP contribution in [0.4, 0.5) is 4.79 Å². The molecule has 0 saturated carbocycles. The minimum absolute atomic E-state index is 0.0501. The van der Waals surface area contributed by atoms with Crippen molar-refractivity contribution in [3.8, 4) is 11.5 Å². The van der Waals surface area contributed by atoms with Gasteiger partial charge in [-0.25, -0.2) is 4.79 Å². The van der Waals surface area contributed by atoms with Crippen molar-refractivity contribution < 1.29 is 19.1 Å². The number of carbonyl (C=O) groups is 2. The molecule has 1 fully saturated rings. The highest BCUT2D eigenvalue weighted by Gasteiger charge is 2.23. The number of hydrogen-bond donors (Lipinski definition) is 2. The lowest BCUT2D eigenvalue weighted by Gasteiger charge is -2.33. The Morgan fingerprint density at radius 3 is 2.84 bits per heavy atom. The summed E-state index contributed by atoms with van der Waals surface area (Å²) in [5, 5.41) is 5.85. The second-order valence-corrected chi connectivity index (χ2v) is 6.45. The first-order chi connectivity index (χ1) is 12.1. The fraction of sp³-hybridized carbons (Fsp3) is 0.556. The molecule has 136 valence electrons. The van der Waals surface area contributed by atoms with Crippen molar-refractivity contribution >= 4 is 11.9 Å². The first-order valence-corrected chi connectivity index (χ1v) is 8.80. The minimum Gasteiger partial charge on any atom is -0.486 e. The van der Waals surface area contributed by atoms with Crippen molar-refractivity contribution in [3.63, 3.8) is 0 Å². The average Bonchev–Trinajstić information content (AvgIpc) is 2.61. The maximum absolute atomic E-state index is 12.3. The van der Waals surface area contributed by atoms with Gasteiger partial charge in [0, 0.05) is 32.6 Å². The molecule has 0 aliphatic carbocycles. The minimum atomic E-state index is -0.0763. The van der Waals surface area contributed by atoms with E-state index < -0.39 is 0 Å². The van der Waals surface area contributed by atoms with Gasteiger partial charge in [0.05, 0.1) is 0 Å². The van der Waals surface area contributed by atoms with Crippen molar-refractivity contribution in [2.75, 3.05) is 32.8 Å². The number of fused-ring (bicyclic) bond motifs is 1. The fourth-order valence-electron chi connectivity index (χ4n) is 3.24. The Kier molecular flexibility index (Phi) is 5.63. The summed E-state index contributed by atoms with van der Waals surface area (Å²) in [6.45, 7) is 4.50. The van der Waals surface area contributed by atoms with Crippen molar-refractivity contribution in [2.45, 2.75) is 32.2 Å². The zero-order valence-corrected chi connectivity index (χ0v) is 14.5. The Balaban J connectivity index is 1.45. The van der Waals surface area contributed by atoms with E-state index in [2.05, 4.69) is 10.6 Å². The number of piperidine rings is 1. The molecule has 7 heteroatoms. The molecule has 2 N–H and O–H groups in total. The number of urea groups is 1. The van der Waals surface area contributed by atoms with Gasteiger partial charge in [0.1, 0.15) is 13.2 Å². The molecule has 1 atom stereocenters.